The topological polar surface area (TPSA) is 89.3 Å². The summed E-state index contributed by atoms with van der Waals surface area (Å²) in [5, 5.41) is 11.2. The molecule has 1 saturated heterocycles. The highest BCUT2D eigenvalue weighted by Gasteiger charge is 2.28. The molecular formula is C18H29N5O3. The van der Waals surface area contributed by atoms with E-state index >= 15 is 0 Å². The lowest BCUT2D eigenvalue weighted by Gasteiger charge is -2.32. The Morgan fingerprint density at radius 2 is 2.04 bits per heavy atom. The summed E-state index contributed by atoms with van der Waals surface area (Å²) >= 11 is 0. The Labute approximate surface area is 154 Å². The average molecular weight is 363 g/mol. The maximum Gasteiger partial charge on any atom is 0.248 e. The van der Waals surface area contributed by atoms with Crippen molar-refractivity contribution in [2.75, 3.05) is 26.8 Å². The number of aromatic nitrogens is 3. The van der Waals surface area contributed by atoms with Crippen LogP contribution >= 0.6 is 0 Å². The molecule has 8 nitrogen and oxygen atoms in total. The van der Waals surface area contributed by atoms with E-state index in [9.17, 15) is 9.59 Å². The van der Waals surface area contributed by atoms with Gasteiger partial charge in [-0.05, 0) is 25.7 Å². The summed E-state index contributed by atoms with van der Waals surface area (Å²) in [5.41, 5.74) is 0. The molecule has 0 radical (unpaired) electrons. The van der Waals surface area contributed by atoms with Crippen molar-refractivity contribution in [2.45, 2.75) is 57.5 Å². The zero-order valence-corrected chi connectivity index (χ0v) is 15.5. The summed E-state index contributed by atoms with van der Waals surface area (Å²) in [6.45, 7) is 1.61. The highest BCUT2D eigenvalue weighted by atomic mass is 16.5. The molecule has 2 amide bonds. The molecule has 0 bridgehead atoms. The molecule has 1 saturated carbocycles. The van der Waals surface area contributed by atoms with Crippen LogP contribution in [0.15, 0.2) is 6.33 Å². The fourth-order valence-corrected chi connectivity index (χ4v) is 4.00. The number of hydrogen-bond acceptors (Lipinski definition) is 5. The van der Waals surface area contributed by atoms with Gasteiger partial charge in [-0.25, -0.2) is 0 Å². The van der Waals surface area contributed by atoms with Crippen LogP contribution in [0.3, 0.4) is 0 Å². The normalized spacial score (nSPS) is 21.6. The number of piperidine rings is 1. The molecule has 0 unspecified atom stereocenters. The zero-order chi connectivity index (χ0) is 18.4. The van der Waals surface area contributed by atoms with Gasteiger partial charge in [0.05, 0.1) is 12.5 Å². The first-order valence-electron chi connectivity index (χ1n) is 9.62. The fourth-order valence-electron chi connectivity index (χ4n) is 4.00. The van der Waals surface area contributed by atoms with Crippen LogP contribution in [0.2, 0.25) is 0 Å². The molecule has 26 heavy (non-hydrogen) atoms. The van der Waals surface area contributed by atoms with Crippen LogP contribution in [0.5, 0.6) is 0 Å². The van der Waals surface area contributed by atoms with Crippen LogP contribution in [-0.2, 0) is 20.9 Å². The maximum absolute atomic E-state index is 12.6. The van der Waals surface area contributed by atoms with Crippen molar-refractivity contribution < 1.29 is 14.3 Å². The van der Waals surface area contributed by atoms with E-state index in [1.807, 2.05) is 0 Å². The molecule has 0 aromatic carbocycles. The molecule has 2 heterocycles. The van der Waals surface area contributed by atoms with Crippen LogP contribution in [0.4, 0.5) is 0 Å². The second kappa shape index (κ2) is 9.12. The number of likely N-dealkylation sites (tertiary alicyclic amines) is 1. The van der Waals surface area contributed by atoms with E-state index in [0.717, 1.165) is 31.5 Å². The Bertz CT molecular complexity index is 612. The minimum absolute atomic E-state index is 0.0156. The number of amides is 2. The maximum atomic E-state index is 12.6. The fraction of sp³-hybridized carbons (Fsp3) is 0.778. The van der Waals surface area contributed by atoms with Crippen LogP contribution in [0.25, 0.3) is 0 Å². The first kappa shape index (κ1) is 18.8. The van der Waals surface area contributed by atoms with Crippen molar-refractivity contribution in [3.8, 4) is 0 Å². The first-order chi connectivity index (χ1) is 12.7. The Morgan fingerprint density at radius 1 is 1.23 bits per heavy atom. The van der Waals surface area contributed by atoms with Gasteiger partial charge in [-0.1, -0.05) is 19.3 Å². The molecule has 1 aromatic heterocycles. The summed E-state index contributed by atoms with van der Waals surface area (Å²) in [6.07, 6.45) is 9.50. The van der Waals surface area contributed by atoms with Gasteiger partial charge in [0.2, 0.25) is 11.8 Å². The molecule has 1 atom stereocenters. The Hall–Kier alpha value is -1.96. The molecule has 1 aliphatic carbocycles. The first-order valence-corrected chi connectivity index (χ1v) is 9.62. The van der Waals surface area contributed by atoms with E-state index in [0.29, 0.717) is 25.7 Å². The SMILES string of the molecule is COCC(=O)N1CCC[C@@H](C(=O)NCc2nncn2C2CCCCC2)C1. The van der Waals surface area contributed by atoms with Crippen LogP contribution in [-0.4, -0.2) is 58.3 Å². The summed E-state index contributed by atoms with van der Waals surface area (Å²) < 4.78 is 7.03. The molecule has 1 aliphatic heterocycles. The summed E-state index contributed by atoms with van der Waals surface area (Å²) in [6, 6.07) is 0.447. The Kier molecular flexibility index (Phi) is 6.60. The van der Waals surface area contributed by atoms with Crippen molar-refractivity contribution >= 4 is 11.8 Å². The quantitative estimate of drug-likeness (QED) is 0.822. The Morgan fingerprint density at radius 3 is 2.81 bits per heavy atom. The van der Waals surface area contributed by atoms with E-state index in [1.54, 1.807) is 11.2 Å². The molecule has 2 fully saturated rings. The van der Waals surface area contributed by atoms with Crippen LogP contribution < -0.4 is 5.32 Å². The minimum Gasteiger partial charge on any atom is -0.375 e. The monoisotopic (exact) mass is 363 g/mol. The van der Waals surface area contributed by atoms with Crippen molar-refractivity contribution in [1.29, 1.82) is 0 Å². The molecule has 1 aromatic rings. The molecule has 144 valence electrons. The number of rotatable bonds is 6. The van der Waals surface area contributed by atoms with Gasteiger partial charge in [-0.15, -0.1) is 10.2 Å². The predicted molar refractivity (Wildman–Crippen MR) is 95.2 cm³/mol. The number of carbonyl (C=O) groups excluding carboxylic acids is 2. The van der Waals surface area contributed by atoms with E-state index in [2.05, 4.69) is 20.1 Å². The second-order valence-corrected chi connectivity index (χ2v) is 7.28. The van der Waals surface area contributed by atoms with Gasteiger partial charge < -0.3 is 19.5 Å². The van der Waals surface area contributed by atoms with Gasteiger partial charge in [0, 0.05) is 26.2 Å². The number of nitrogens with one attached hydrogen (secondary N) is 1. The Balaban J connectivity index is 1.52. The standard InChI is InChI=1S/C18H29N5O3/c1-26-12-17(24)22-9-5-6-14(11-22)18(25)19-10-16-21-20-13-23(16)15-7-3-2-4-8-15/h13-15H,2-12H2,1H3,(H,19,25)/t14-/m1/s1. The summed E-state index contributed by atoms with van der Waals surface area (Å²) in [4.78, 5) is 26.3. The lowest BCUT2D eigenvalue weighted by molar-refractivity contribution is -0.139. The third-order valence-corrected chi connectivity index (χ3v) is 5.45. The molecule has 2 aliphatic rings. The molecule has 3 rings (SSSR count). The second-order valence-electron chi connectivity index (χ2n) is 7.28. The number of ether oxygens (including phenoxy) is 1. The van der Waals surface area contributed by atoms with E-state index in [1.165, 1.54) is 26.4 Å². The highest BCUT2D eigenvalue weighted by molar-refractivity contribution is 5.81. The summed E-state index contributed by atoms with van der Waals surface area (Å²) in [7, 11) is 1.51. The van der Waals surface area contributed by atoms with Crippen molar-refractivity contribution in [3.05, 3.63) is 12.2 Å². The lowest BCUT2D eigenvalue weighted by atomic mass is 9.95. The van der Waals surface area contributed by atoms with Crippen molar-refractivity contribution in [1.82, 2.24) is 25.0 Å². The highest BCUT2D eigenvalue weighted by Crippen LogP contribution is 2.28. The van der Waals surface area contributed by atoms with Gasteiger partial charge in [-0.2, -0.15) is 0 Å². The average Bonchev–Trinajstić information content (AvgIpc) is 3.15. The van der Waals surface area contributed by atoms with E-state index < -0.39 is 0 Å². The zero-order valence-electron chi connectivity index (χ0n) is 15.5. The van der Waals surface area contributed by atoms with Gasteiger partial charge in [-0.3, -0.25) is 9.59 Å². The number of carbonyl (C=O) groups is 2. The minimum atomic E-state index is -0.171. The molecular weight excluding hydrogens is 334 g/mol. The molecule has 8 heteroatoms. The van der Waals surface area contributed by atoms with Crippen LogP contribution in [0, 0.1) is 5.92 Å². The molecule has 0 spiro atoms. The number of hydrogen-bond donors (Lipinski definition) is 1. The van der Waals surface area contributed by atoms with Gasteiger partial charge in [0.1, 0.15) is 12.9 Å². The largest absolute Gasteiger partial charge is 0.375 e. The third kappa shape index (κ3) is 4.60. The van der Waals surface area contributed by atoms with Crippen molar-refractivity contribution in [3.63, 3.8) is 0 Å². The van der Waals surface area contributed by atoms with Gasteiger partial charge in [0.15, 0.2) is 5.82 Å². The third-order valence-electron chi connectivity index (χ3n) is 5.45. The lowest BCUT2D eigenvalue weighted by Crippen LogP contribution is -2.46. The van der Waals surface area contributed by atoms with Crippen molar-refractivity contribution in [2.24, 2.45) is 5.92 Å². The van der Waals surface area contributed by atoms with E-state index in [-0.39, 0.29) is 24.3 Å². The van der Waals surface area contributed by atoms with E-state index in [4.69, 9.17) is 4.74 Å². The predicted octanol–water partition coefficient (Wildman–Crippen LogP) is 1.28. The molecule has 1 N–H and O–H groups in total. The number of methoxy groups -OCH3 is 1. The van der Waals surface area contributed by atoms with Gasteiger partial charge >= 0.3 is 0 Å². The van der Waals surface area contributed by atoms with Crippen LogP contribution in [0.1, 0.15) is 56.8 Å². The van der Waals surface area contributed by atoms with Gasteiger partial charge in [0.25, 0.3) is 0 Å². The summed E-state index contributed by atoms with van der Waals surface area (Å²) in [5.74, 6) is 0.573. The smallest absolute Gasteiger partial charge is 0.248 e. The number of nitrogens with zero attached hydrogens (tertiary/aromatic N) is 4.